The van der Waals surface area contributed by atoms with Gasteiger partial charge in [-0.3, -0.25) is 0 Å². The first-order valence-corrected chi connectivity index (χ1v) is 10.3. The molecule has 0 atom stereocenters. The lowest BCUT2D eigenvalue weighted by molar-refractivity contribution is 0.0227. The predicted molar refractivity (Wildman–Crippen MR) is 121 cm³/mol. The maximum absolute atomic E-state index is 13.1. The van der Waals surface area contributed by atoms with Crippen molar-refractivity contribution in [1.29, 1.82) is 0 Å². The summed E-state index contributed by atoms with van der Waals surface area (Å²) < 4.78 is 5.69. The maximum Gasteiger partial charge on any atom is 0.410 e. The van der Waals surface area contributed by atoms with Gasteiger partial charge in [-0.2, -0.15) is 0 Å². The molecule has 0 saturated heterocycles. The van der Waals surface area contributed by atoms with Crippen LogP contribution in [0.3, 0.4) is 0 Å². The molecule has 1 amide bonds. The monoisotopic (exact) mass is 419 g/mol. The highest BCUT2D eigenvalue weighted by molar-refractivity contribution is 5.68. The molecule has 0 aromatic heterocycles. The summed E-state index contributed by atoms with van der Waals surface area (Å²) in [7, 11) is 0. The van der Waals surface area contributed by atoms with E-state index in [4.69, 9.17) is 4.74 Å². The molecule has 5 heteroatoms. The summed E-state index contributed by atoms with van der Waals surface area (Å²) in [6.07, 6.45) is -0.390. The molecule has 0 radical (unpaired) electrons. The number of benzene rings is 3. The largest absolute Gasteiger partial charge is 0.508 e. The van der Waals surface area contributed by atoms with Gasteiger partial charge >= 0.3 is 6.09 Å². The summed E-state index contributed by atoms with van der Waals surface area (Å²) in [6.45, 7) is 6.33. The van der Waals surface area contributed by atoms with Gasteiger partial charge in [0.05, 0.1) is 0 Å². The van der Waals surface area contributed by atoms with Gasteiger partial charge < -0.3 is 19.8 Å². The first kappa shape index (κ1) is 22.2. The second-order valence-corrected chi connectivity index (χ2v) is 8.58. The predicted octanol–water partition coefficient (Wildman–Crippen LogP) is 5.67. The van der Waals surface area contributed by atoms with Gasteiger partial charge in [0.15, 0.2) is 0 Å². The number of ether oxygens (including phenoxy) is 1. The third-order valence-corrected chi connectivity index (χ3v) is 4.86. The number of amides is 1. The van der Waals surface area contributed by atoms with Crippen molar-refractivity contribution >= 4 is 6.09 Å². The number of hydrogen-bond acceptors (Lipinski definition) is 4. The fraction of sp³-hybridized carbons (Fsp3) is 0.269. The molecule has 0 aliphatic carbocycles. The lowest BCUT2D eigenvalue weighted by atomic mass is 9.90. The number of aromatic hydroxyl groups is 2. The van der Waals surface area contributed by atoms with E-state index in [-0.39, 0.29) is 23.5 Å². The Morgan fingerprint density at radius 2 is 1.32 bits per heavy atom. The van der Waals surface area contributed by atoms with Crippen molar-refractivity contribution in [3.63, 3.8) is 0 Å². The molecule has 3 aromatic carbocycles. The van der Waals surface area contributed by atoms with Gasteiger partial charge in [-0.25, -0.2) is 4.79 Å². The van der Waals surface area contributed by atoms with Crippen LogP contribution in [0.1, 0.15) is 43.4 Å². The minimum atomic E-state index is -0.613. The summed E-state index contributed by atoms with van der Waals surface area (Å²) >= 11 is 0. The SMILES string of the molecule is CC(C)(C)OC(=O)N(Cc1ccccc1)CC(c1ccc(O)cc1)c1ccc(O)cc1. The number of carbonyl (C=O) groups is 1. The quantitative estimate of drug-likeness (QED) is 0.540. The van der Waals surface area contributed by atoms with E-state index in [2.05, 4.69) is 0 Å². The second kappa shape index (κ2) is 9.56. The van der Waals surface area contributed by atoms with Gasteiger partial charge in [-0.1, -0.05) is 54.6 Å². The molecule has 0 heterocycles. The fourth-order valence-corrected chi connectivity index (χ4v) is 3.37. The highest BCUT2D eigenvalue weighted by Gasteiger charge is 2.26. The smallest absolute Gasteiger partial charge is 0.410 e. The van der Waals surface area contributed by atoms with Gasteiger partial charge in [-0.05, 0) is 61.7 Å². The molecule has 3 aromatic rings. The molecule has 0 unspecified atom stereocenters. The minimum Gasteiger partial charge on any atom is -0.508 e. The Hall–Kier alpha value is -3.47. The van der Waals surface area contributed by atoms with E-state index in [1.165, 1.54) is 0 Å². The van der Waals surface area contributed by atoms with E-state index in [1.807, 2.05) is 75.4 Å². The van der Waals surface area contributed by atoms with Gasteiger partial charge in [-0.15, -0.1) is 0 Å². The summed E-state index contributed by atoms with van der Waals surface area (Å²) in [5.41, 5.74) is 2.29. The Balaban J connectivity index is 1.96. The Labute approximate surface area is 183 Å². The minimum absolute atomic E-state index is 0.169. The molecule has 31 heavy (non-hydrogen) atoms. The maximum atomic E-state index is 13.1. The van der Waals surface area contributed by atoms with Crippen molar-refractivity contribution in [1.82, 2.24) is 4.90 Å². The van der Waals surface area contributed by atoms with Gasteiger partial charge in [0.2, 0.25) is 0 Å². The van der Waals surface area contributed by atoms with Crippen LogP contribution >= 0.6 is 0 Å². The number of hydrogen-bond donors (Lipinski definition) is 2. The van der Waals surface area contributed by atoms with Gasteiger partial charge in [0.25, 0.3) is 0 Å². The molecule has 3 rings (SSSR count). The van der Waals surface area contributed by atoms with Gasteiger partial charge in [0, 0.05) is 19.0 Å². The molecule has 2 N–H and O–H groups in total. The summed E-state index contributed by atoms with van der Waals surface area (Å²) in [5, 5.41) is 19.4. The van der Waals surface area contributed by atoms with Crippen molar-refractivity contribution in [2.45, 2.75) is 38.8 Å². The molecular weight excluding hydrogens is 390 g/mol. The molecular formula is C26H29NO4. The fourth-order valence-electron chi connectivity index (χ4n) is 3.37. The van der Waals surface area contributed by atoms with E-state index < -0.39 is 5.60 Å². The molecule has 0 aliphatic heterocycles. The van der Waals surface area contributed by atoms with E-state index >= 15 is 0 Å². The zero-order valence-corrected chi connectivity index (χ0v) is 18.2. The molecule has 0 aliphatic rings. The van der Waals surface area contributed by atoms with Crippen LogP contribution in [0, 0.1) is 0 Å². The Kier molecular flexibility index (Phi) is 6.85. The number of phenolic OH excluding ortho intramolecular Hbond substituents is 2. The molecule has 5 nitrogen and oxygen atoms in total. The van der Waals surface area contributed by atoms with Crippen LogP contribution in [0.25, 0.3) is 0 Å². The van der Waals surface area contributed by atoms with Crippen LogP contribution < -0.4 is 0 Å². The zero-order chi connectivity index (χ0) is 22.4. The number of nitrogens with zero attached hydrogens (tertiary/aromatic N) is 1. The van der Waals surface area contributed by atoms with Crippen LogP contribution in [0.2, 0.25) is 0 Å². The van der Waals surface area contributed by atoms with Crippen molar-refractivity contribution in [2.75, 3.05) is 6.54 Å². The lowest BCUT2D eigenvalue weighted by Crippen LogP contribution is -2.39. The number of carbonyl (C=O) groups excluding carboxylic acids is 1. The number of rotatable bonds is 6. The van der Waals surface area contributed by atoms with E-state index in [0.717, 1.165) is 16.7 Å². The van der Waals surface area contributed by atoms with Crippen molar-refractivity contribution in [2.24, 2.45) is 0 Å². The van der Waals surface area contributed by atoms with Crippen molar-refractivity contribution in [3.05, 3.63) is 95.6 Å². The zero-order valence-electron chi connectivity index (χ0n) is 18.2. The molecule has 0 spiro atoms. The van der Waals surface area contributed by atoms with Crippen LogP contribution in [0.5, 0.6) is 11.5 Å². The highest BCUT2D eigenvalue weighted by Crippen LogP contribution is 2.29. The van der Waals surface area contributed by atoms with Crippen molar-refractivity contribution < 1.29 is 19.7 Å². The molecule has 0 saturated carbocycles. The third-order valence-electron chi connectivity index (χ3n) is 4.86. The Morgan fingerprint density at radius 1 is 0.839 bits per heavy atom. The average molecular weight is 420 g/mol. The van der Waals surface area contributed by atoms with E-state index in [0.29, 0.717) is 13.1 Å². The van der Waals surface area contributed by atoms with E-state index in [9.17, 15) is 15.0 Å². The lowest BCUT2D eigenvalue weighted by Gasteiger charge is -2.31. The third kappa shape index (κ3) is 6.51. The summed E-state index contributed by atoms with van der Waals surface area (Å²) in [6, 6.07) is 23.7. The normalized spacial score (nSPS) is 11.4. The average Bonchev–Trinajstić information content (AvgIpc) is 2.72. The van der Waals surface area contributed by atoms with Gasteiger partial charge in [0.1, 0.15) is 17.1 Å². The first-order chi connectivity index (χ1) is 14.7. The second-order valence-electron chi connectivity index (χ2n) is 8.58. The number of phenols is 2. The summed E-state index contributed by atoms with van der Waals surface area (Å²) in [5.74, 6) is 0.195. The first-order valence-electron chi connectivity index (χ1n) is 10.3. The van der Waals surface area contributed by atoms with Crippen LogP contribution in [0.15, 0.2) is 78.9 Å². The Morgan fingerprint density at radius 3 is 1.77 bits per heavy atom. The molecule has 0 bridgehead atoms. The van der Waals surface area contributed by atoms with E-state index in [1.54, 1.807) is 29.2 Å². The Bertz CT molecular complexity index is 931. The molecule has 162 valence electrons. The topological polar surface area (TPSA) is 70.0 Å². The van der Waals surface area contributed by atoms with Crippen LogP contribution in [0.4, 0.5) is 4.79 Å². The van der Waals surface area contributed by atoms with Crippen molar-refractivity contribution in [3.8, 4) is 11.5 Å². The van der Waals surface area contributed by atoms with Crippen LogP contribution in [-0.4, -0.2) is 33.4 Å². The summed E-state index contributed by atoms with van der Waals surface area (Å²) in [4.78, 5) is 14.8. The molecule has 0 fully saturated rings. The van der Waals surface area contributed by atoms with Crippen LogP contribution in [-0.2, 0) is 11.3 Å². The highest BCUT2D eigenvalue weighted by atomic mass is 16.6. The standard InChI is InChI=1S/C26H29NO4/c1-26(2,3)31-25(30)27(17-19-7-5-4-6-8-19)18-24(20-9-13-22(28)14-10-20)21-11-15-23(29)16-12-21/h4-16,24,28-29H,17-18H2,1-3H3.